The van der Waals surface area contributed by atoms with Gasteiger partial charge in [0.25, 0.3) is 0 Å². The SMILES string of the molecule is C=CC(=O)OCCOCCOCCOCCOCCOCCOCCOCCC(=O)OCC. The van der Waals surface area contributed by atoms with E-state index in [1.54, 1.807) is 6.92 Å². The first-order valence-corrected chi connectivity index (χ1v) is 11.2. The highest BCUT2D eigenvalue weighted by Crippen LogP contribution is 1.89. The molecule has 0 saturated carbocycles. The summed E-state index contributed by atoms with van der Waals surface area (Å²) in [7, 11) is 0. The minimum atomic E-state index is -0.461. The molecule has 0 aromatic rings. The van der Waals surface area contributed by atoms with Gasteiger partial charge < -0.3 is 42.6 Å². The number of esters is 2. The lowest BCUT2D eigenvalue weighted by Gasteiger charge is -2.08. The molecule has 0 amide bonds. The predicted octanol–water partition coefficient (Wildman–Crippen LogP) is 0.785. The summed E-state index contributed by atoms with van der Waals surface area (Å²) >= 11 is 0. The normalized spacial score (nSPS) is 10.8. The van der Waals surface area contributed by atoms with Crippen LogP contribution in [0.15, 0.2) is 12.7 Å². The van der Waals surface area contributed by atoms with E-state index in [-0.39, 0.29) is 19.0 Å². The summed E-state index contributed by atoms with van der Waals surface area (Å²) in [6.45, 7) is 11.9. The van der Waals surface area contributed by atoms with Gasteiger partial charge in [-0.2, -0.15) is 0 Å². The molecule has 0 rings (SSSR count). The van der Waals surface area contributed by atoms with Crippen LogP contribution in [-0.4, -0.2) is 118 Å². The summed E-state index contributed by atoms with van der Waals surface area (Å²) in [4.78, 5) is 21.9. The van der Waals surface area contributed by atoms with E-state index in [1.807, 2.05) is 0 Å². The zero-order valence-corrected chi connectivity index (χ0v) is 19.8. The fourth-order valence-corrected chi connectivity index (χ4v) is 2.07. The van der Waals surface area contributed by atoms with E-state index in [0.29, 0.717) is 99.1 Å². The maximum Gasteiger partial charge on any atom is 0.330 e. The van der Waals surface area contributed by atoms with Crippen molar-refractivity contribution in [2.75, 3.05) is 106 Å². The van der Waals surface area contributed by atoms with Gasteiger partial charge in [0.05, 0.1) is 106 Å². The Morgan fingerprint density at radius 1 is 0.545 bits per heavy atom. The average molecular weight is 481 g/mol. The zero-order valence-electron chi connectivity index (χ0n) is 19.8. The highest BCUT2D eigenvalue weighted by Gasteiger charge is 2.00. The molecular weight excluding hydrogens is 440 g/mol. The second kappa shape index (κ2) is 26.7. The van der Waals surface area contributed by atoms with E-state index in [1.165, 1.54) is 0 Å². The minimum Gasteiger partial charge on any atom is -0.466 e. The van der Waals surface area contributed by atoms with Gasteiger partial charge in [-0.25, -0.2) is 4.79 Å². The maximum absolute atomic E-state index is 11.1. The molecule has 33 heavy (non-hydrogen) atoms. The van der Waals surface area contributed by atoms with Crippen LogP contribution in [0.4, 0.5) is 0 Å². The molecule has 11 nitrogen and oxygen atoms in total. The van der Waals surface area contributed by atoms with Crippen molar-refractivity contribution < 1.29 is 52.2 Å². The van der Waals surface area contributed by atoms with E-state index < -0.39 is 5.97 Å². The standard InChI is InChI=1S/C22H40O11/c1-3-21(23)33-20-19-31-18-17-30-16-15-29-14-13-28-12-11-27-10-9-26-8-7-25-6-5-22(24)32-4-2/h3H,1,4-20H2,2H3. The first-order valence-electron chi connectivity index (χ1n) is 11.2. The molecule has 0 N–H and O–H groups in total. The Bertz CT molecular complexity index is 460. The van der Waals surface area contributed by atoms with Gasteiger partial charge in [0, 0.05) is 6.08 Å². The third-order valence-electron chi connectivity index (χ3n) is 3.63. The topological polar surface area (TPSA) is 117 Å². The van der Waals surface area contributed by atoms with E-state index in [2.05, 4.69) is 6.58 Å². The molecule has 0 fully saturated rings. The van der Waals surface area contributed by atoms with Crippen molar-refractivity contribution in [1.82, 2.24) is 0 Å². The molecule has 0 spiro atoms. The minimum absolute atomic E-state index is 0.198. The van der Waals surface area contributed by atoms with Crippen LogP contribution >= 0.6 is 0 Å². The van der Waals surface area contributed by atoms with Crippen molar-refractivity contribution in [2.45, 2.75) is 13.3 Å². The molecule has 0 aliphatic heterocycles. The van der Waals surface area contributed by atoms with E-state index in [4.69, 9.17) is 42.6 Å². The number of ether oxygens (including phenoxy) is 9. The van der Waals surface area contributed by atoms with Crippen molar-refractivity contribution in [2.24, 2.45) is 0 Å². The van der Waals surface area contributed by atoms with Gasteiger partial charge in [-0.3, -0.25) is 4.79 Å². The molecule has 11 heteroatoms. The summed E-state index contributed by atoms with van der Waals surface area (Å²) in [5.41, 5.74) is 0. The Kier molecular flexibility index (Phi) is 25.4. The largest absolute Gasteiger partial charge is 0.466 e. The van der Waals surface area contributed by atoms with Gasteiger partial charge in [0.15, 0.2) is 0 Å². The molecule has 0 aromatic heterocycles. The van der Waals surface area contributed by atoms with Gasteiger partial charge in [-0.1, -0.05) is 6.58 Å². The fraction of sp³-hybridized carbons (Fsp3) is 0.818. The third-order valence-corrected chi connectivity index (χ3v) is 3.63. The Balaban J connectivity index is 3.07. The van der Waals surface area contributed by atoms with E-state index in [9.17, 15) is 9.59 Å². The summed E-state index contributed by atoms with van der Waals surface area (Å²) in [6.07, 6.45) is 1.36. The Morgan fingerprint density at radius 2 is 0.879 bits per heavy atom. The molecule has 0 unspecified atom stereocenters. The molecular formula is C22H40O11. The first-order chi connectivity index (χ1) is 16.2. The molecule has 0 atom stereocenters. The van der Waals surface area contributed by atoms with Crippen LogP contribution in [0.25, 0.3) is 0 Å². The summed E-state index contributed by atoms with van der Waals surface area (Å²) in [6, 6.07) is 0. The molecule has 0 bridgehead atoms. The maximum atomic E-state index is 11.1. The van der Waals surface area contributed by atoms with Crippen LogP contribution in [0, 0.1) is 0 Å². The molecule has 0 radical (unpaired) electrons. The number of hydrogen-bond donors (Lipinski definition) is 0. The highest BCUT2D eigenvalue weighted by molar-refractivity contribution is 5.81. The Hall–Kier alpha value is -1.60. The van der Waals surface area contributed by atoms with E-state index in [0.717, 1.165) is 6.08 Å². The van der Waals surface area contributed by atoms with Crippen LogP contribution in [0.1, 0.15) is 13.3 Å². The van der Waals surface area contributed by atoms with Crippen molar-refractivity contribution in [3.05, 3.63) is 12.7 Å². The molecule has 0 aliphatic rings. The van der Waals surface area contributed by atoms with Gasteiger partial charge in [-0.05, 0) is 6.92 Å². The number of rotatable bonds is 26. The second-order valence-electron chi connectivity index (χ2n) is 6.21. The molecule has 0 heterocycles. The van der Waals surface area contributed by atoms with Crippen LogP contribution in [-0.2, 0) is 52.2 Å². The number of carbonyl (C=O) groups is 2. The smallest absolute Gasteiger partial charge is 0.330 e. The van der Waals surface area contributed by atoms with Gasteiger partial charge in [0.2, 0.25) is 0 Å². The van der Waals surface area contributed by atoms with Crippen LogP contribution in [0.5, 0.6) is 0 Å². The van der Waals surface area contributed by atoms with Gasteiger partial charge >= 0.3 is 11.9 Å². The quantitative estimate of drug-likeness (QED) is 0.0993. The van der Waals surface area contributed by atoms with Crippen LogP contribution in [0.2, 0.25) is 0 Å². The zero-order chi connectivity index (χ0) is 24.2. The lowest BCUT2D eigenvalue weighted by molar-refractivity contribution is -0.144. The predicted molar refractivity (Wildman–Crippen MR) is 118 cm³/mol. The fourth-order valence-electron chi connectivity index (χ4n) is 2.07. The van der Waals surface area contributed by atoms with Gasteiger partial charge in [0.1, 0.15) is 6.61 Å². The lowest BCUT2D eigenvalue weighted by atomic mass is 10.5. The second-order valence-corrected chi connectivity index (χ2v) is 6.21. The monoisotopic (exact) mass is 480 g/mol. The molecule has 194 valence electrons. The third kappa shape index (κ3) is 26.5. The summed E-state index contributed by atoms with van der Waals surface area (Å²) < 4.78 is 46.9. The van der Waals surface area contributed by atoms with E-state index >= 15 is 0 Å². The molecule has 0 aliphatic carbocycles. The van der Waals surface area contributed by atoms with Crippen molar-refractivity contribution in [1.29, 1.82) is 0 Å². The summed E-state index contributed by atoms with van der Waals surface area (Å²) in [5.74, 6) is -0.715. The van der Waals surface area contributed by atoms with Crippen molar-refractivity contribution in [3.63, 3.8) is 0 Å². The highest BCUT2D eigenvalue weighted by atomic mass is 16.6. The van der Waals surface area contributed by atoms with Crippen LogP contribution in [0.3, 0.4) is 0 Å². The molecule has 0 saturated heterocycles. The summed E-state index contributed by atoms with van der Waals surface area (Å²) in [5, 5.41) is 0. The number of hydrogen-bond acceptors (Lipinski definition) is 11. The first kappa shape index (κ1) is 31.4. The number of carbonyl (C=O) groups excluding carboxylic acids is 2. The van der Waals surface area contributed by atoms with Crippen molar-refractivity contribution in [3.8, 4) is 0 Å². The Morgan fingerprint density at radius 3 is 1.21 bits per heavy atom. The van der Waals surface area contributed by atoms with Crippen LogP contribution < -0.4 is 0 Å². The average Bonchev–Trinajstić information content (AvgIpc) is 2.81. The van der Waals surface area contributed by atoms with Crippen molar-refractivity contribution >= 4 is 11.9 Å². The molecule has 0 aromatic carbocycles. The Labute approximate surface area is 196 Å². The van der Waals surface area contributed by atoms with Gasteiger partial charge in [-0.15, -0.1) is 0 Å². The lowest BCUT2D eigenvalue weighted by Crippen LogP contribution is -2.15.